The van der Waals surface area contributed by atoms with Crippen molar-refractivity contribution in [2.45, 2.75) is 12.5 Å². The fourth-order valence-electron chi connectivity index (χ4n) is 4.37. The van der Waals surface area contributed by atoms with Crippen LogP contribution in [0.15, 0.2) is 85.6 Å². The third kappa shape index (κ3) is 5.31. The Morgan fingerprint density at radius 3 is 2.63 bits per heavy atom. The van der Waals surface area contributed by atoms with Crippen LogP contribution in [-0.4, -0.2) is 47.0 Å². The molecule has 0 saturated carbocycles. The van der Waals surface area contributed by atoms with Crippen LogP contribution in [0.5, 0.6) is 0 Å². The molecule has 1 fully saturated rings. The van der Waals surface area contributed by atoms with Gasteiger partial charge in [0.2, 0.25) is 11.9 Å². The molecule has 0 radical (unpaired) electrons. The van der Waals surface area contributed by atoms with E-state index < -0.39 is 0 Å². The topological polar surface area (TPSA) is 82.2 Å². The van der Waals surface area contributed by atoms with Gasteiger partial charge in [0.25, 0.3) is 0 Å². The van der Waals surface area contributed by atoms with Crippen molar-refractivity contribution in [1.29, 1.82) is 0 Å². The summed E-state index contributed by atoms with van der Waals surface area (Å²) in [5, 5.41) is 10.7. The Morgan fingerprint density at radius 2 is 1.86 bits per heavy atom. The van der Waals surface area contributed by atoms with Gasteiger partial charge in [-0.15, -0.1) is 0 Å². The molecular formula is C28H28N6O. The Hall–Kier alpha value is -4.23. The smallest absolute Gasteiger partial charge is 0.247 e. The van der Waals surface area contributed by atoms with Crippen LogP contribution in [0.4, 0.5) is 23.0 Å². The second-order valence-corrected chi connectivity index (χ2v) is 8.81. The summed E-state index contributed by atoms with van der Waals surface area (Å²) in [5.74, 6) is 0.282. The SMILES string of the molecule is C=CC(=O)Nc1cccc(-c2cccc3cnc(Nc4ccc(N[C@@H]5CCN(C)C5)cc4)nc23)c1. The lowest BCUT2D eigenvalue weighted by molar-refractivity contribution is -0.111. The van der Waals surface area contributed by atoms with Gasteiger partial charge in [0.05, 0.1) is 5.52 Å². The van der Waals surface area contributed by atoms with Gasteiger partial charge in [-0.3, -0.25) is 4.79 Å². The minimum absolute atomic E-state index is 0.245. The zero-order chi connectivity index (χ0) is 24.2. The molecule has 176 valence electrons. The quantitative estimate of drug-likeness (QED) is 0.323. The van der Waals surface area contributed by atoms with E-state index >= 15 is 0 Å². The zero-order valence-corrected chi connectivity index (χ0v) is 19.7. The summed E-state index contributed by atoms with van der Waals surface area (Å²) in [6.45, 7) is 5.71. The van der Waals surface area contributed by atoms with E-state index in [-0.39, 0.29) is 5.91 Å². The number of anilines is 4. The molecule has 1 atom stereocenters. The normalized spacial score (nSPS) is 15.6. The number of nitrogens with one attached hydrogen (secondary N) is 3. The van der Waals surface area contributed by atoms with E-state index in [2.05, 4.69) is 51.6 Å². The predicted molar refractivity (Wildman–Crippen MR) is 143 cm³/mol. The average molecular weight is 465 g/mol. The van der Waals surface area contributed by atoms with Crippen LogP contribution in [0.3, 0.4) is 0 Å². The van der Waals surface area contributed by atoms with Crippen molar-refractivity contribution in [3.63, 3.8) is 0 Å². The first-order chi connectivity index (χ1) is 17.1. The van der Waals surface area contributed by atoms with E-state index in [1.807, 2.05) is 60.8 Å². The highest BCUT2D eigenvalue weighted by Crippen LogP contribution is 2.30. The molecule has 0 spiro atoms. The Morgan fingerprint density at radius 1 is 1.06 bits per heavy atom. The highest BCUT2D eigenvalue weighted by Gasteiger charge is 2.18. The number of benzene rings is 3. The molecule has 35 heavy (non-hydrogen) atoms. The molecule has 1 aromatic heterocycles. The van der Waals surface area contributed by atoms with E-state index in [1.54, 1.807) is 0 Å². The minimum atomic E-state index is -0.245. The number of carbonyl (C=O) groups excluding carboxylic acids is 1. The number of para-hydroxylation sites is 1. The number of likely N-dealkylation sites (N-methyl/N-ethyl adjacent to an activating group) is 1. The summed E-state index contributed by atoms with van der Waals surface area (Å²) in [5.41, 5.74) is 5.49. The lowest BCUT2D eigenvalue weighted by atomic mass is 10.0. The maximum absolute atomic E-state index is 11.7. The number of likely N-dealkylation sites (tertiary alicyclic amines) is 1. The third-order valence-corrected chi connectivity index (χ3v) is 6.14. The molecule has 5 rings (SSSR count). The van der Waals surface area contributed by atoms with Crippen LogP contribution in [0, 0.1) is 0 Å². The number of hydrogen-bond donors (Lipinski definition) is 3. The monoisotopic (exact) mass is 464 g/mol. The Labute approximate surface area is 204 Å². The summed E-state index contributed by atoms with van der Waals surface area (Å²) in [7, 11) is 2.15. The zero-order valence-electron chi connectivity index (χ0n) is 19.7. The van der Waals surface area contributed by atoms with E-state index in [1.165, 1.54) is 6.08 Å². The van der Waals surface area contributed by atoms with Gasteiger partial charge in [-0.2, -0.15) is 0 Å². The van der Waals surface area contributed by atoms with Crippen molar-refractivity contribution in [3.8, 4) is 11.1 Å². The largest absolute Gasteiger partial charge is 0.381 e. The fourth-order valence-corrected chi connectivity index (χ4v) is 4.37. The maximum Gasteiger partial charge on any atom is 0.247 e. The van der Waals surface area contributed by atoms with Crippen molar-refractivity contribution < 1.29 is 4.79 Å². The molecule has 1 saturated heterocycles. The molecule has 1 aliphatic heterocycles. The molecule has 0 aliphatic carbocycles. The lowest BCUT2D eigenvalue weighted by Crippen LogP contribution is -2.23. The number of fused-ring (bicyclic) bond motifs is 1. The highest BCUT2D eigenvalue weighted by atomic mass is 16.1. The fraction of sp³-hybridized carbons (Fsp3) is 0.179. The number of rotatable bonds is 7. The molecule has 3 aromatic carbocycles. The van der Waals surface area contributed by atoms with Gasteiger partial charge in [0.15, 0.2) is 0 Å². The Kier molecular flexibility index (Phi) is 6.41. The van der Waals surface area contributed by atoms with Crippen molar-refractivity contribution in [1.82, 2.24) is 14.9 Å². The van der Waals surface area contributed by atoms with E-state index in [0.29, 0.717) is 17.7 Å². The minimum Gasteiger partial charge on any atom is -0.381 e. The lowest BCUT2D eigenvalue weighted by Gasteiger charge is -2.15. The molecule has 1 aliphatic rings. The summed E-state index contributed by atoms with van der Waals surface area (Å²) in [6.07, 6.45) is 4.24. The van der Waals surface area contributed by atoms with Gasteiger partial charge >= 0.3 is 0 Å². The van der Waals surface area contributed by atoms with Crippen LogP contribution in [0.2, 0.25) is 0 Å². The molecule has 1 amide bonds. The van der Waals surface area contributed by atoms with Crippen LogP contribution >= 0.6 is 0 Å². The number of hydrogen-bond acceptors (Lipinski definition) is 6. The van der Waals surface area contributed by atoms with Gasteiger partial charge < -0.3 is 20.9 Å². The first kappa shape index (κ1) is 22.6. The van der Waals surface area contributed by atoms with Crippen molar-refractivity contribution in [3.05, 3.63) is 85.6 Å². The third-order valence-electron chi connectivity index (χ3n) is 6.14. The molecule has 2 heterocycles. The molecule has 7 nitrogen and oxygen atoms in total. The van der Waals surface area contributed by atoms with Gasteiger partial charge in [0, 0.05) is 46.8 Å². The van der Waals surface area contributed by atoms with E-state index in [9.17, 15) is 4.79 Å². The van der Waals surface area contributed by atoms with Gasteiger partial charge in [-0.05, 0) is 68.1 Å². The molecule has 0 unspecified atom stereocenters. The number of amides is 1. The number of nitrogens with zero attached hydrogens (tertiary/aromatic N) is 3. The summed E-state index contributed by atoms with van der Waals surface area (Å²) in [6, 6.07) is 22.4. The van der Waals surface area contributed by atoms with Gasteiger partial charge in [0.1, 0.15) is 0 Å². The van der Waals surface area contributed by atoms with E-state index in [4.69, 9.17) is 4.98 Å². The predicted octanol–water partition coefficient (Wildman–Crippen LogP) is 5.28. The van der Waals surface area contributed by atoms with Crippen LogP contribution in [0.1, 0.15) is 6.42 Å². The second-order valence-electron chi connectivity index (χ2n) is 8.81. The first-order valence-electron chi connectivity index (χ1n) is 11.7. The standard InChI is InChI=1S/C28H28N6O/c1-3-26(35)31-23-8-4-6-19(16-23)25-9-5-7-20-17-29-28(33-27(20)25)32-22-12-10-21(11-13-22)30-24-14-15-34(2)18-24/h3-13,16-17,24,30H,1,14-15,18H2,2H3,(H,31,35)(H,29,32,33)/t24-/m1/s1. The molecule has 7 heteroatoms. The maximum atomic E-state index is 11.7. The molecule has 3 N–H and O–H groups in total. The van der Waals surface area contributed by atoms with E-state index in [0.717, 1.165) is 52.9 Å². The highest BCUT2D eigenvalue weighted by molar-refractivity contribution is 6.00. The summed E-state index contributed by atoms with van der Waals surface area (Å²) >= 11 is 0. The summed E-state index contributed by atoms with van der Waals surface area (Å²) in [4.78, 5) is 23.4. The average Bonchev–Trinajstić information content (AvgIpc) is 3.29. The van der Waals surface area contributed by atoms with Crippen LogP contribution < -0.4 is 16.0 Å². The van der Waals surface area contributed by atoms with Crippen molar-refractivity contribution in [2.75, 3.05) is 36.1 Å². The number of carbonyl (C=O) groups is 1. The molecule has 0 bridgehead atoms. The van der Waals surface area contributed by atoms with Crippen LogP contribution in [0.25, 0.3) is 22.0 Å². The summed E-state index contributed by atoms with van der Waals surface area (Å²) < 4.78 is 0. The molecule has 4 aromatic rings. The Bertz CT molecular complexity index is 1370. The Balaban J connectivity index is 1.37. The van der Waals surface area contributed by atoms with Gasteiger partial charge in [-0.1, -0.05) is 36.9 Å². The van der Waals surface area contributed by atoms with Gasteiger partial charge in [-0.25, -0.2) is 9.97 Å². The van der Waals surface area contributed by atoms with Crippen LogP contribution in [-0.2, 0) is 4.79 Å². The first-order valence-corrected chi connectivity index (χ1v) is 11.7. The van der Waals surface area contributed by atoms with Crippen molar-refractivity contribution in [2.24, 2.45) is 0 Å². The van der Waals surface area contributed by atoms with Crippen molar-refractivity contribution >= 4 is 39.8 Å². The number of aromatic nitrogens is 2. The second kappa shape index (κ2) is 9.95. The molecular weight excluding hydrogens is 436 g/mol.